The predicted octanol–water partition coefficient (Wildman–Crippen LogP) is 4.01. The molecule has 3 aromatic rings. The van der Waals surface area contributed by atoms with Crippen LogP contribution in [0, 0.1) is 18.3 Å². The van der Waals surface area contributed by atoms with Gasteiger partial charge in [0.1, 0.15) is 5.82 Å². The molecule has 0 atom stereocenters. The van der Waals surface area contributed by atoms with E-state index in [1.54, 1.807) is 0 Å². The number of hydrogen-bond donors (Lipinski definition) is 3. The Labute approximate surface area is 184 Å². The van der Waals surface area contributed by atoms with Crippen molar-refractivity contribution >= 4 is 34.1 Å². The van der Waals surface area contributed by atoms with Crippen LogP contribution in [0.25, 0.3) is 16.7 Å². The molecule has 168 valence electrons. The van der Waals surface area contributed by atoms with Crippen LogP contribution < -0.4 is 16.0 Å². The Morgan fingerprint density at radius 1 is 1.10 bits per heavy atom. The van der Waals surface area contributed by atoms with Crippen LogP contribution in [0.5, 0.6) is 0 Å². The molecule has 3 N–H and O–H groups in total. The molecule has 1 aromatic carbocycles. The molecule has 0 aliphatic heterocycles. The Morgan fingerprint density at radius 3 is 2.55 bits per heavy atom. The minimum absolute atomic E-state index is 0.0829. The molecule has 8 heteroatoms. The number of nitrogens with zero attached hydrogens (tertiary/aromatic N) is 4. The van der Waals surface area contributed by atoms with E-state index in [1.165, 1.54) is 0 Å². The van der Waals surface area contributed by atoms with Crippen molar-refractivity contribution < 1.29 is 4.79 Å². The highest BCUT2D eigenvalue weighted by Gasteiger charge is 2.20. The molecule has 0 bridgehead atoms. The van der Waals surface area contributed by atoms with Crippen LogP contribution in [0.2, 0.25) is 0 Å². The highest BCUT2D eigenvalue weighted by atomic mass is 16.2. The van der Waals surface area contributed by atoms with Gasteiger partial charge >= 0.3 is 0 Å². The second-order valence-corrected chi connectivity index (χ2v) is 9.48. The number of benzene rings is 1. The second kappa shape index (κ2) is 9.49. The number of rotatable bonds is 9. The van der Waals surface area contributed by atoms with E-state index < -0.39 is 0 Å². The molecule has 31 heavy (non-hydrogen) atoms. The summed E-state index contributed by atoms with van der Waals surface area (Å²) in [6.07, 6.45) is 1.82. The van der Waals surface area contributed by atoms with Gasteiger partial charge in [-0.05, 0) is 43.9 Å². The number of unbranched alkanes of at least 4 members (excludes halogenated alkanes) is 1. The molecular weight excluding hydrogens is 390 g/mol. The standard InChI is InChI=1S/C23H35N7O/c1-15(2)14-26-17-9-10-18-19(13-17)30-16(3)28-29-21(30)20(27-18)24-11-7-8-12-25-22(31)23(4,5)6/h9-10,13,15,26H,7-8,11-12,14H2,1-6H3,(H,24,27)(H,25,31). The first-order valence-electron chi connectivity index (χ1n) is 11.1. The Kier molecular flexibility index (Phi) is 6.97. The summed E-state index contributed by atoms with van der Waals surface area (Å²) in [6, 6.07) is 6.20. The molecule has 0 aliphatic rings. The summed E-state index contributed by atoms with van der Waals surface area (Å²) >= 11 is 0. The molecular formula is C23H35N7O. The smallest absolute Gasteiger partial charge is 0.225 e. The largest absolute Gasteiger partial charge is 0.385 e. The number of carbonyl (C=O) groups is 1. The zero-order chi connectivity index (χ0) is 22.6. The van der Waals surface area contributed by atoms with Gasteiger partial charge in [0, 0.05) is 30.7 Å². The van der Waals surface area contributed by atoms with Crippen LogP contribution in [-0.2, 0) is 4.79 Å². The molecule has 0 unspecified atom stereocenters. The van der Waals surface area contributed by atoms with E-state index in [0.29, 0.717) is 12.5 Å². The van der Waals surface area contributed by atoms with Crippen LogP contribution in [0.3, 0.4) is 0 Å². The van der Waals surface area contributed by atoms with Crippen molar-refractivity contribution in [2.24, 2.45) is 11.3 Å². The van der Waals surface area contributed by atoms with Crippen LogP contribution in [0.1, 0.15) is 53.3 Å². The van der Waals surface area contributed by atoms with Crippen molar-refractivity contribution in [2.75, 3.05) is 30.3 Å². The van der Waals surface area contributed by atoms with Crippen LogP contribution in [0.4, 0.5) is 11.5 Å². The van der Waals surface area contributed by atoms with Gasteiger partial charge in [0.25, 0.3) is 0 Å². The van der Waals surface area contributed by atoms with Gasteiger partial charge in [-0.1, -0.05) is 34.6 Å². The van der Waals surface area contributed by atoms with Gasteiger partial charge in [-0.2, -0.15) is 0 Å². The van der Waals surface area contributed by atoms with Crippen molar-refractivity contribution in [1.82, 2.24) is 24.9 Å². The van der Waals surface area contributed by atoms with Gasteiger partial charge in [-0.15, -0.1) is 10.2 Å². The van der Waals surface area contributed by atoms with Gasteiger partial charge in [0.05, 0.1) is 11.0 Å². The lowest BCUT2D eigenvalue weighted by Crippen LogP contribution is -2.35. The van der Waals surface area contributed by atoms with E-state index in [0.717, 1.165) is 59.9 Å². The predicted molar refractivity (Wildman–Crippen MR) is 127 cm³/mol. The minimum Gasteiger partial charge on any atom is -0.385 e. The normalized spacial score (nSPS) is 12.0. The van der Waals surface area contributed by atoms with Crippen molar-refractivity contribution in [3.63, 3.8) is 0 Å². The van der Waals surface area contributed by atoms with Crippen molar-refractivity contribution in [2.45, 2.75) is 54.4 Å². The summed E-state index contributed by atoms with van der Waals surface area (Å²) in [7, 11) is 0. The van der Waals surface area contributed by atoms with E-state index in [9.17, 15) is 4.79 Å². The number of hydrogen-bond acceptors (Lipinski definition) is 6. The topological polar surface area (TPSA) is 96.2 Å². The summed E-state index contributed by atoms with van der Waals surface area (Å²) in [5.74, 6) is 2.21. The zero-order valence-corrected chi connectivity index (χ0v) is 19.5. The lowest BCUT2D eigenvalue weighted by Gasteiger charge is -2.17. The number of fused-ring (bicyclic) bond motifs is 3. The summed E-state index contributed by atoms with van der Waals surface area (Å²) in [5.41, 5.74) is 3.32. The molecule has 0 aliphatic carbocycles. The number of nitrogens with one attached hydrogen (secondary N) is 3. The molecule has 2 heterocycles. The number of aryl methyl sites for hydroxylation is 1. The first-order valence-corrected chi connectivity index (χ1v) is 11.1. The molecule has 8 nitrogen and oxygen atoms in total. The van der Waals surface area contributed by atoms with Gasteiger partial charge < -0.3 is 16.0 Å². The SMILES string of the molecule is Cc1nnc2c(NCCCCNC(=O)C(C)(C)C)nc3ccc(NCC(C)C)cc3n12. The van der Waals surface area contributed by atoms with Crippen molar-refractivity contribution in [3.05, 3.63) is 24.0 Å². The molecule has 0 spiro atoms. The molecule has 0 saturated heterocycles. The van der Waals surface area contributed by atoms with E-state index in [1.807, 2.05) is 33.8 Å². The molecule has 0 radical (unpaired) electrons. The number of aromatic nitrogens is 4. The average molecular weight is 426 g/mol. The van der Waals surface area contributed by atoms with Crippen molar-refractivity contribution in [3.8, 4) is 0 Å². The third-order valence-electron chi connectivity index (χ3n) is 5.06. The summed E-state index contributed by atoms with van der Waals surface area (Å²) < 4.78 is 2.05. The Bertz CT molecular complexity index is 1050. The highest BCUT2D eigenvalue weighted by molar-refractivity contribution is 5.85. The van der Waals surface area contributed by atoms with Gasteiger partial charge in [0.15, 0.2) is 5.82 Å². The molecule has 0 fully saturated rings. The molecule has 2 aromatic heterocycles. The van der Waals surface area contributed by atoms with Crippen LogP contribution in [0.15, 0.2) is 18.2 Å². The summed E-state index contributed by atoms with van der Waals surface area (Å²) in [5, 5.41) is 18.5. The Balaban J connectivity index is 1.68. The van der Waals surface area contributed by atoms with Gasteiger partial charge in [-0.25, -0.2) is 4.98 Å². The summed E-state index contributed by atoms with van der Waals surface area (Å²) in [4.78, 5) is 16.7. The Hall–Kier alpha value is -2.90. The van der Waals surface area contributed by atoms with Gasteiger partial charge in [-0.3, -0.25) is 9.20 Å². The van der Waals surface area contributed by atoms with Crippen molar-refractivity contribution in [1.29, 1.82) is 0 Å². The second-order valence-electron chi connectivity index (χ2n) is 9.48. The molecule has 0 saturated carbocycles. The maximum atomic E-state index is 11.9. The Morgan fingerprint density at radius 2 is 1.84 bits per heavy atom. The average Bonchev–Trinajstić information content (AvgIpc) is 3.10. The molecule has 3 rings (SSSR count). The number of carbonyl (C=O) groups excluding carboxylic acids is 1. The van der Waals surface area contributed by atoms with Gasteiger partial charge in [0.2, 0.25) is 11.6 Å². The maximum Gasteiger partial charge on any atom is 0.225 e. The third-order valence-corrected chi connectivity index (χ3v) is 5.06. The fraction of sp³-hybridized carbons (Fsp3) is 0.565. The highest BCUT2D eigenvalue weighted by Crippen LogP contribution is 2.24. The fourth-order valence-corrected chi connectivity index (χ4v) is 3.25. The lowest BCUT2D eigenvalue weighted by atomic mass is 9.96. The minimum atomic E-state index is -0.353. The van der Waals surface area contributed by atoms with E-state index in [4.69, 9.17) is 4.98 Å². The first-order chi connectivity index (χ1) is 14.7. The monoisotopic (exact) mass is 425 g/mol. The van der Waals surface area contributed by atoms with E-state index in [-0.39, 0.29) is 11.3 Å². The third kappa shape index (κ3) is 5.62. The first kappa shape index (κ1) is 22.8. The van der Waals surface area contributed by atoms with E-state index >= 15 is 0 Å². The maximum absolute atomic E-state index is 11.9. The van der Waals surface area contributed by atoms with Crippen LogP contribution in [-0.4, -0.2) is 45.1 Å². The quantitative estimate of drug-likeness (QED) is 0.448. The number of anilines is 2. The lowest BCUT2D eigenvalue weighted by molar-refractivity contribution is -0.128. The fourth-order valence-electron chi connectivity index (χ4n) is 3.25. The molecule has 1 amide bonds. The van der Waals surface area contributed by atoms with Crippen LogP contribution >= 0.6 is 0 Å². The number of amides is 1. The summed E-state index contributed by atoms with van der Waals surface area (Å²) in [6.45, 7) is 14.4. The zero-order valence-electron chi connectivity index (χ0n) is 19.5. The van der Waals surface area contributed by atoms with E-state index in [2.05, 4.69) is 56.5 Å².